The maximum Gasteiger partial charge on any atom is 0.295 e. The molecule has 1 atom stereocenters. The molecule has 0 spiro atoms. The van der Waals surface area contributed by atoms with Gasteiger partial charge in [-0.25, -0.2) is 0 Å². The fourth-order valence-electron chi connectivity index (χ4n) is 5.19. The number of hydrogen-bond donors (Lipinski definition) is 1. The molecule has 1 aliphatic heterocycles. The van der Waals surface area contributed by atoms with Gasteiger partial charge in [0.25, 0.3) is 11.7 Å². The number of hydrogen-bond acceptors (Lipinski definition) is 6. The van der Waals surface area contributed by atoms with Crippen LogP contribution in [0.1, 0.15) is 47.7 Å². The first-order valence-corrected chi connectivity index (χ1v) is 13.6. The van der Waals surface area contributed by atoms with Crippen LogP contribution in [0.25, 0.3) is 5.76 Å². The summed E-state index contributed by atoms with van der Waals surface area (Å²) in [6.45, 7) is 10.0. The topological polar surface area (TPSA) is 79.3 Å². The van der Waals surface area contributed by atoms with Gasteiger partial charge in [0.1, 0.15) is 17.3 Å². The molecular formula is C32H35ClN2O5. The zero-order chi connectivity index (χ0) is 29.1. The molecule has 0 aliphatic carbocycles. The van der Waals surface area contributed by atoms with E-state index in [1.54, 1.807) is 0 Å². The van der Waals surface area contributed by atoms with Gasteiger partial charge in [0, 0.05) is 31.4 Å². The predicted molar refractivity (Wildman–Crippen MR) is 158 cm³/mol. The quantitative estimate of drug-likeness (QED) is 0.184. The van der Waals surface area contributed by atoms with E-state index in [2.05, 4.69) is 18.7 Å². The molecule has 4 rings (SSSR count). The minimum atomic E-state index is -0.823. The Hall–Kier alpha value is -3.97. The van der Waals surface area contributed by atoms with Crippen LogP contribution in [0.4, 0.5) is 5.69 Å². The van der Waals surface area contributed by atoms with Crippen molar-refractivity contribution in [2.24, 2.45) is 0 Å². The standard InChI is InChI=1S/C32H35ClN2O5/c1-7-34(8-2)23-13-11-21(12-14-23)29-28(30(36)24-16-25(33)27(40-6)17-26(24)39-5)31(37)32(38)35(29)18-22-15-19(3)9-10-20(22)4/h9-17,29,36H,7-8,18H2,1-6H3/b30-28+. The molecule has 1 aliphatic rings. The van der Waals surface area contributed by atoms with Gasteiger partial charge in [0.15, 0.2) is 0 Å². The molecule has 40 heavy (non-hydrogen) atoms. The summed E-state index contributed by atoms with van der Waals surface area (Å²) in [6.07, 6.45) is 0. The largest absolute Gasteiger partial charge is 0.507 e. The van der Waals surface area contributed by atoms with E-state index < -0.39 is 17.7 Å². The van der Waals surface area contributed by atoms with Crippen LogP contribution in [0.5, 0.6) is 11.5 Å². The van der Waals surface area contributed by atoms with E-state index in [9.17, 15) is 14.7 Å². The van der Waals surface area contributed by atoms with E-state index >= 15 is 0 Å². The minimum absolute atomic E-state index is 0.0228. The molecule has 3 aromatic rings. The minimum Gasteiger partial charge on any atom is -0.507 e. The molecule has 1 fully saturated rings. The van der Waals surface area contributed by atoms with Gasteiger partial charge in [-0.1, -0.05) is 47.5 Å². The van der Waals surface area contributed by atoms with Crippen molar-refractivity contribution in [3.63, 3.8) is 0 Å². The van der Waals surface area contributed by atoms with Crippen molar-refractivity contribution in [3.8, 4) is 11.5 Å². The maximum atomic E-state index is 13.6. The lowest BCUT2D eigenvalue weighted by Crippen LogP contribution is -2.29. The maximum absolute atomic E-state index is 13.6. The number of nitrogens with zero attached hydrogens (tertiary/aromatic N) is 2. The molecule has 1 saturated heterocycles. The third kappa shape index (κ3) is 5.39. The molecule has 1 unspecified atom stereocenters. The van der Waals surface area contributed by atoms with Gasteiger partial charge < -0.3 is 24.4 Å². The summed E-state index contributed by atoms with van der Waals surface area (Å²) in [4.78, 5) is 30.9. The summed E-state index contributed by atoms with van der Waals surface area (Å²) in [6, 6.07) is 16.0. The van der Waals surface area contributed by atoms with Crippen molar-refractivity contribution >= 4 is 34.7 Å². The Bertz CT molecular complexity index is 1460. The van der Waals surface area contributed by atoms with E-state index in [-0.39, 0.29) is 34.2 Å². The summed E-state index contributed by atoms with van der Waals surface area (Å²) in [5, 5.41) is 11.9. The Morgan fingerprint density at radius 2 is 1.60 bits per heavy atom. The van der Waals surface area contributed by atoms with Gasteiger partial charge in [-0.05, 0) is 62.6 Å². The Morgan fingerprint density at radius 3 is 2.20 bits per heavy atom. The molecule has 1 heterocycles. The van der Waals surface area contributed by atoms with Crippen molar-refractivity contribution < 1.29 is 24.2 Å². The number of likely N-dealkylation sites (tertiary alicyclic amines) is 1. The second kappa shape index (κ2) is 12.0. The second-order valence-electron chi connectivity index (χ2n) is 9.81. The number of benzene rings is 3. The van der Waals surface area contributed by atoms with Crippen molar-refractivity contribution in [1.29, 1.82) is 0 Å². The Labute approximate surface area is 240 Å². The highest BCUT2D eigenvalue weighted by molar-refractivity contribution is 6.46. The highest BCUT2D eigenvalue weighted by atomic mass is 35.5. The van der Waals surface area contributed by atoms with E-state index in [1.807, 2.05) is 56.3 Å². The molecule has 0 saturated carbocycles. The average molecular weight is 563 g/mol. The number of aryl methyl sites for hydroxylation is 2. The number of halogens is 1. The van der Waals surface area contributed by atoms with E-state index in [0.29, 0.717) is 11.3 Å². The van der Waals surface area contributed by atoms with E-state index in [4.69, 9.17) is 21.1 Å². The number of aliphatic hydroxyl groups excluding tert-OH is 1. The number of carbonyl (C=O) groups is 2. The summed E-state index contributed by atoms with van der Waals surface area (Å²) in [5.74, 6) is -1.20. The summed E-state index contributed by atoms with van der Waals surface area (Å²) in [7, 11) is 2.92. The van der Waals surface area contributed by atoms with Crippen LogP contribution in [-0.2, 0) is 16.1 Å². The SMILES string of the molecule is CCN(CC)c1ccc(C2/C(=C(\O)c3cc(Cl)c(OC)cc3OC)C(=O)C(=O)N2Cc2cc(C)ccc2C)cc1. The number of carbonyl (C=O) groups excluding carboxylic acids is 2. The normalized spacial score (nSPS) is 16.4. The molecule has 0 aromatic heterocycles. The average Bonchev–Trinajstić information content (AvgIpc) is 3.20. The number of aliphatic hydroxyl groups is 1. The molecule has 1 N–H and O–H groups in total. The van der Waals surface area contributed by atoms with Crippen molar-refractivity contribution in [3.05, 3.63) is 93.0 Å². The van der Waals surface area contributed by atoms with Crippen LogP contribution in [0.3, 0.4) is 0 Å². The predicted octanol–water partition coefficient (Wildman–Crippen LogP) is 6.44. The fourth-order valence-corrected chi connectivity index (χ4v) is 5.43. The molecule has 3 aromatic carbocycles. The first-order chi connectivity index (χ1) is 19.1. The second-order valence-corrected chi connectivity index (χ2v) is 10.2. The monoisotopic (exact) mass is 562 g/mol. The molecule has 0 bridgehead atoms. The third-order valence-corrected chi connectivity index (χ3v) is 7.75. The van der Waals surface area contributed by atoms with Crippen LogP contribution < -0.4 is 14.4 Å². The van der Waals surface area contributed by atoms with Gasteiger partial charge in [0.2, 0.25) is 0 Å². The molecule has 1 amide bonds. The summed E-state index contributed by atoms with van der Waals surface area (Å²) >= 11 is 6.39. The Kier molecular flexibility index (Phi) is 8.74. The first-order valence-electron chi connectivity index (χ1n) is 13.3. The van der Waals surface area contributed by atoms with Crippen LogP contribution >= 0.6 is 11.6 Å². The molecule has 8 heteroatoms. The number of amides is 1. The van der Waals surface area contributed by atoms with Crippen molar-refractivity contribution in [2.75, 3.05) is 32.2 Å². The lowest BCUT2D eigenvalue weighted by Gasteiger charge is -2.27. The Balaban J connectivity index is 1.92. The number of anilines is 1. The fraction of sp³-hybridized carbons (Fsp3) is 0.312. The first kappa shape index (κ1) is 29.0. The summed E-state index contributed by atoms with van der Waals surface area (Å²) < 4.78 is 10.8. The molecular weight excluding hydrogens is 528 g/mol. The van der Waals surface area contributed by atoms with Gasteiger partial charge in [-0.2, -0.15) is 0 Å². The zero-order valence-electron chi connectivity index (χ0n) is 23.7. The number of ether oxygens (including phenoxy) is 2. The lowest BCUT2D eigenvalue weighted by atomic mass is 9.94. The van der Waals surface area contributed by atoms with Crippen molar-refractivity contribution in [1.82, 2.24) is 4.90 Å². The molecule has 7 nitrogen and oxygen atoms in total. The van der Waals surface area contributed by atoms with Crippen LogP contribution in [0.2, 0.25) is 5.02 Å². The van der Waals surface area contributed by atoms with Crippen LogP contribution in [0.15, 0.2) is 60.2 Å². The summed E-state index contributed by atoms with van der Waals surface area (Å²) in [5.41, 5.74) is 4.90. The molecule has 0 radical (unpaired) electrons. The highest BCUT2D eigenvalue weighted by Crippen LogP contribution is 2.44. The van der Waals surface area contributed by atoms with E-state index in [1.165, 1.54) is 31.3 Å². The zero-order valence-corrected chi connectivity index (χ0v) is 24.5. The van der Waals surface area contributed by atoms with Crippen LogP contribution in [-0.4, -0.2) is 49.0 Å². The van der Waals surface area contributed by atoms with E-state index in [0.717, 1.165) is 35.5 Å². The number of Topliss-reactive ketones (excluding diaryl/α,β-unsaturated/α-hetero) is 1. The van der Waals surface area contributed by atoms with Crippen molar-refractivity contribution in [2.45, 2.75) is 40.3 Å². The third-order valence-electron chi connectivity index (χ3n) is 7.45. The smallest absolute Gasteiger partial charge is 0.295 e. The van der Waals surface area contributed by atoms with Gasteiger partial charge in [-0.3, -0.25) is 9.59 Å². The molecule has 210 valence electrons. The lowest BCUT2D eigenvalue weighted by molar-refractivity contribution is -0.140. The highest BCUT2D eigenvalue weighted by Gasteiger charge is 2.46. The number of methoxy groups -OCH3 is 2. The Morgan fingerprint density at radius 1 is 0.950 bits per heavy atom. The number of ketones is 1. The van der Waals surface area contributed by atoms with Gasteiger partial charge in [-0.15, -0.1) is 0 Å². The van der Waals surface area contributed by atoms with Crippen LogP contribution in [0, 0.1) is 13.8 Å². The number of rotatable bonds is 9. The van der Waals surface area contributed by atoms with Gasteiger partial charge >= 0.3 is 0 Å². The van der Waals surface area contributed by atoms with Gasteiger partial charge in [0.05, 0.1) is 36.4 Å².